The van der Waals surface area contributed by atoms with E-state index in [2.05, 4.69) is 61.4 Å². The van der Waals surface area contributed by atoms with Crippen molar-refractivity contribution in [2.75, 3.05) is 26.2 Å². The van der Waals surface area contributed by atoms with E-state index in [1.54, 1.807) is 6.08 Å². The van der Waals surface area contributed by atoms with E-state index in [1.165, 1.54) is 6.92 Å². The number of nitrogens with one attached hydrogen (secondary N) is 9. The molecule has 36 nitrogen and oxygen atoms in total. The van der Waals surface area contributed by atoms with Crippen LogP contribution in [0.2, 0.25) is 0 Å². The van der Waals surface area contributed by atoms with Crippen LogP contribution in [0.5, 0.6) is 0 Å². The number of aliphatic imine (C=N–C) groups is 3. The highest BCUT2D eigenvalue weighted by Gasteiger charge is 2.44. The van der Waals surface area contributed by atoms with Crippen LogP contribution in [-0.2, 0) is 67.1 Å². The number of carboxylic acids is 1. The number of primary amides is 4. The van der Waals surface area contributed by atoms with E-state index in [-0.39, 0.29) is 63.3 Å². The first-order valence-corrected chi connectivity index (χ1v) is 35.7. The molecule has 1 aliphatic carbocycles. The van der Waals surface area contributed by atoms with E-state index in [4.69, 9.17) is 43.6 Å². The third-order valence-corrected chi connectivity index (χ3v) is 19.7. The summed E-state index contributed by atoms with van der Waals surface area (Å²) in [5.41, 5.74) is 38.7. The van der Waals surface area contributed by atoms with Gasteiger partial charge in [0, 0.05) is 78.6 Å². The topological polar surface area (TPSA) is 599 Å². The van der Waals surface area contributed by atoms with Crippen LogP contribution in [0.15, 0.2) is 119 Å². The molecule has 2 saturated heterocycles. The molecule has 108 heavy (non-hydrogen) atoms. The van der Waals surface area contributed by atoms with E-state index in [9.17, 15) is 87.5 Å². The van der Waals surface area contributed by atoms with Crippen molar-refractivity contribution in [3.8, 4) is 0 Å². The zero-order chi connectivity index (χ0) is 79.7. The Morgan fingerprint density at radius 1 is 0.685 bits per heavy atom. The van der Waals surface area contributed by atoms with Gasteiger partial charge >= 0.3 is 5.97 Å². The maximum atomic E-state index is 14.1. The number of unbranched alkanes of at least 4 members (excludes halogenated alkanes) is 1. The van der Waals surface area contributed by atoms with Crippen molar-refractivity contribution in [3.63, 3.8) is 0 Å². The van der Waals surface area contributed by atoms with E-state index in [0.29, 0.717) is 47.7 Å². The number of carbonyl (C=O) groups is 14. The molecule has 8 bridgehead atoms. The Morgan fingerprint density at radius 2 is 1.27 bits per heavy atom. The molecule has 7 rings (SSSR count). The minimum Gasteiger partial charge on any atom is -0.511 e. The standard InChI is InChI=1S/C72H98N18O18/c1-8-37-32(3)45-26-47-34(5)39(63(81-47)40-25-54(93)61-35(6)48(82-64(40)61)28-50-38(9-2)33(4)46(80-50)27-49(37)79-45)15-21-58(97)89-62(36(7)92)72(108)88-52(31-91)66(102)78-30-59(98)90-24-12-14-53(90)71(107)87-51(29-57(76)96)70(106)86-43(17-20-56(75)95)68(104)85-44(18-22-60(99)100)69(105)84-42(16-19-55(74)94)67(103)83-41(65(77)101)13-10-11-23-73/h8,26-28,34,36,39,41-44,51-53,62,81,91-93H,1,9-25,29-31,73H2,2-7H3,(H2,74,94)(H2,75,95)(H2,76,96)(H2,77,101)(H,78,102)(H,83,103)(H,84,105)(H,85,104)(H,86,106)(H,87,107)(H,88,108)(H,89,97)(H,99,100)/t34-,36+,39-,41-,42-,43-,44-,51+,52-,53+,62-/m0/s1. The summed E-state index contributed by atoms with van der Waals surface area (Å²) in [7, 11) is 0. The van der Waals surface area contributed by atoms with Crippen molar-refractivity contribution in [2.45, 2.75) is 199 Å². The van der Waals surface area contributed by atoms with Gasteiger partial charge in [-0.2, -0.15) is 0 Å². The number of nitrogens with two attached hydrogens (primary N) is 5. The van der Waals surface area contributed by atoms with Crippen molar-refractivity contribution in [2.24, 2.45) is 55.5 Å². The predicted molar refractivity (Wildman–Crippen MR) is 391 cm³/mol. The van der Waals surface area contributed by atoms with Gasteiger partial charge in [0.2, 0.25) is 76.8 Å². The number of likely N-dealkylation sites (tertiary alicyclic amines) is 1. The lowest BCUT2D eigenvalue weighted by Crippen LogP contribution is -2.60. The predicted octanol–water partition coefficient (Wildman–Crippen LogP) is -2.62. The van der Waals surface area contributed by atoms with Gasteiger partial charge in [-0.15, -0.1) is 0 Å². The van der Waals surface area contributed by atoms with Crippen molar-refractivity contribution < 1.29 is 87.5 Å². The molecule has 23 N–H and O–H groups in total. The molecule has 6 heterocycles. The van der Waals surface area contributed by atoms with Gasteiger partial charge in [-0.25, -0.2) is 15.0 Å². The molecule has 0 aromatic rings. The molecule has 0 unspecified atom stereocenters. The number of hydrogen-bond acceptors (Lipinski definition) is 22. The van der Waals surface area contributed by atoms with E-state index < -0.39 is 201 Å². The van der Waals surface area contributed by atoms with E-state index in [1.807, 2.05) is 45.9 Å². The number of rotatable bonds is 39. The number of carbonyl (C=O) groups excluding carboxylic acids is 13. The summed E-state index contributed by atoms with van der Waals surface area (Å²) in [6, 6.07) is -13.3. The molecule has 2 fully saturated rings. The molecule has 0 spiro atoms. The Kier molecular flexibility index (Phi) is 29.4. The highest BCUT2D eigenvalue weighted by Crippen LogP contribution is 2.47. The number of aliphatic hydroxyl groups excluding tert-OH is 3. The van der Waals surface area contributed by atoms with Crippen molar-refractivity contribution in [1.82, 2.24) is 52.8 Å². The number of carboxylic acid groups (broad SMARTS) is 1. The van der Waals surface area contributed by atoms with Gasteiger partial charge in [0.15, 0.2) is 0 Å². The van der Waals surface area contributed by atoms with Crippen LogP contribution in [0.4, 0.5) is 0 Å². The van der Waals surface area contributed by atoms with Gasteiger partial charge < -0.3 is 102 Å². The summed E-state index contributed by atoms with van der Waals surface area (Å²) >= 11 is 0. The number of hydrogen-bond donors (Lipinski definition) is 18. The zero-order valence-corrected chi connectivity index (χ0v) is 61.2. The fourth-order valence-corrected chi connectivity index (χ4v) is 13.7. The Labute approximate surface area is 622 Å². The molecule has 584 valence electrons. The highest BCUT2D eigenvalue weighted by atomic mass is 16.4. The van der Waals surface area contributed by atoms with Crippen LogP contribution in [0.1, 0.15) is 144 Å². The van der Waals surface area contributed by atoms with E-state index in [0.717, 1.165) is 61.1 Å². The van der Waals surface area contributed by atoms with Gasteiger partial charge in [-0.05, 0) is 139 Å². The number of aliphatic hydroxyl groups is 3. The number of nitrogens with zero attached hydrogens (tertiary/aromatic N) is 4. The van der Waals surface area contributed by atoms with Gasteiger partial charge in [-0.1, -0.05) is 26.5 Å². The highest BCUT2D eigenvalue weighted by molar-refractivity contribution is 6.21. The smallest absolute Gasteiger partial charge is 0.303 e. The second-order valence-corrected chi connectivity index (χ2v) is 27.4. The molecule has 0 aromatic heterocycles. The first kappa shape index (κ1) is 84.0. The second kappa shape index (κ2) is 37.8. The molecule has 11 atom stereocenters. The molecule has 0 saturated carbocycles. The summed E-state index contributed by atoms with van der Waals surface area (Å²) in [6.07, 6.45) is 3.40. The Morgan fingerprint density at radius 3 is 1.82 bits per heavy atom. The first-order valence-electron chi connectivity index (χ1n) is 35.7. The lowest BCUT2D eigenvalue weighted by atomic mass is 9.86. The molecular formula is C72H98N18O18. The molecular weight excluding hydrogens is 1400 g/mol. The fraction of sp³-hybridized carbons (Fsp3) is 0.514. The van der Waals surface area contributed by atoms with Gasteiger partial charge in [0.1, 0.15) is 54.1 Å². The SMILES string of the molecule is C=CC1=C(C)C2=NC1=CC1=NC(=CC3=C(C)C4=C(O)CC(=C5NC(=C2)[C@@H](C)[C@@H]5CCC(=O)N[C@H](C(=O)N[C@@H](CO)C(=O)NCC(=O)N2CCC[C@@H]2C(=O)N[C@H](CC(N)=O)C(=O)N[C@@H](CCC(N)=O)C(=O)N[C@@H](CCC(=O)O)C(=O)N[C@@H](CCC(N)=O)C(=O)N[C@@H](CCCCN)C(N)=O)[C@@H](C)O)C4=N3)C(CC)=C1C. The summed E-state index contributed by atoms with van der Waals surface area (Å²) in [4.78, 5) is 201. The normalized spacial score (nSPS) is 20.0. The summed E-state index contributed by atoms with van der Waals surface area (Å²) in [5, 5.41) is 64.8. The Hall–Kier alpha value is -11.3. The Bertz CT molecular complexity index is 4080. The minimum absolute atomic E-state index is 0.0330. The number of fused-ring (bicyclic) bond motifs is 5. The molecule has 7 aliphatic rings. The van der Waals surface area contributed by atoms with Crippen LogP contribution in [-0.4, -0.2) is 206 Å². The van der Waals surface area contributed by atoms with Gasteiger partial charge in [0.05, 0.1) is 59.9 Å². The van der Waals surface area contributed by atoms with Crippen molar-refractivity contribution in [3.05, 3.63) is 104 Å². The van der Waals surface area contributed by atoms with E-state index >= 15 is 0 Å². The quantitative estimate of drug-likeness (QED) is 0.0280. The summed E-state index contributed by atoms with van der Waals surface area (Å²) in [5.74, 6) is -15.5. The Balaban J connectivity index is 0.983. The summed E-state index contributed by atoms with van der Waals surface area (Å²) in [6.45, 7) is 13.5. The zero-order valence-electron chi connectivity index (χ0n) is 61.2. The summed E-state index contributed by atoms with van der Waals surface area (Å²) < 4.78 is 0. The fourth-order valence-electron chi connectivity index (χ4n) is 13.7. The van der Waals surface area contributed by atoms with Crippen LogP contribution in [0, 0.1) is 11.8 Å². The number of amides is 13. The largest absolute Gasteiger partial charge is 0.511 e. The third kappa shape index (κ3) is 21.1. The monoisotopic (exact) mass is 1500 g/mol. The number of allylic oxidation sites excluding steroid dienone is 12. The first-order chi connectivity index (χ1) is 51.1. The van der Waals surface area contributed by atoms with Crippen LogP contribution in [0.3, 0.4) is 0 Å². The van der Waals surface area contributed by atoms with Crippen LogP contribution < -0.4 is 76.5 Å². The van der Waals surface area contributed by atoms with Crippen LogP contribution >= 0.6 is 0 Å². The van der Waals surface area contributed by atoms with Crippen molar-refractivity contribution >= 4 is 99.9 Å². The average Bonchev–Trinajstić information content (AvgIpc) is 1.58. The molecule has 36 heteroatoms. The molecule has 13 amide bonds. The molecule has 0 aromatic carbocycles. The van der Waals surface area contributed by atoms with Gasteiger partial charge in [0.25, 0.3) is 0 Å². The van der Waals surface area contributed by atoms with Crippen LogP contribution in [0.25, 0.3) is 0 Å². The third-order valence-electron chi connectivity index (χ3n) is 19.7. The maximum absolute atomic E-state index is 14.1. The average molecular weight is 1500 g/mol. The molecule has 0 radical (unpaired) electrons. The lowest BCUT2D eigenvalue weighted by molar-refractivity contribution is -0.141. The van der Waals surface area contributed by atoms with Gasteiger partial charge in [-0.3, -0.25) is 67.1 Å². The molecule has 6 aliphatic heterocycles. The maximum Gasteiger partial charge on any atom is 0.303 e. The lowest BCUT2D eigenvalue weighted by Gasteiger charge is -2.28. The second-order valence-electron chi connectivity index (χ2n) is 27.4. The minimum atomic E-state index is -1.90. The number of aliphatic carboxylic acids is 1. The van der Waals surface area contributed by atoms with Crippen molar-refractivity contribution in [1.29, 1.82) is 0 Å².